The van der Waals surface area contributed by atoms with Gasteiger partial charge in [0.25, 0.3) is 0 Å². The lowest BCUT2D eigenvalue weighted by Crippen LogP contribution is -2.23. The van der Waals surface area contributed by atoms with Crippen LogP contribution in [0, 0.1) is 0 Å². The van der Waals surface area contributed by atoms with E-state index in [2.05, 4.69) is 25.8 Å². The van der Waals surface area contributed by atoms with Crippen molar-refractivity contribution in [2.45, 2.75) is 12.8 Å². The molecule has 3 aromatic rings. The molecule has 1 aromatic heterocycles. The molecule has 1 aliphatic heterocycles. The SMILES string of the molecule is NC(=NCCc1nnnn1-c1ccccc1)Nc1ccc2c(c1)OCCCO2. The number of nitrogens with two attached hydrogens (primary N) is 1. The molecule has 0 atom stereocenters. The van der Waals surface area contributed by atoms with Gasteiger partial charge in [0.15, 0.2) is 23.3 Å². The number of tetrazole rings is 1. The van der Waals surface area contributed by atoms with Crippen molar-refractivity contribution in [3.63, 3.8) is 0 Å². The highest BCUT2D eigenvalue weighted by atomic mass is 16.5. The molecule has 2 aromatic carbocycles. The van der Waals surface area contributed by atoms with Gasteiger partial charge in [-0.3, -0.25) is 4.99 Å². The molecule has 1 aliphatic rings. The molecule has 2 heterocycles. The molecular formula is C19H21N7O2. The second-order valence-electron chi connectivity index (χ2n) is 6.20. The second kappa shape index (κ2) is 8.38. The van der Waals surface area contributed by atoms with Crippen LogP contribution in [0.3, 0.4) is 0 Å². The summed E-state index contributed by atoms with van der Waals surface area (Å²) in [6.07, 6.45) is 1.43. The van der Waals surface area contributed by atoms with E-state index in [0.29, 0.717) is 37.9 Å². The molecule has 28 heavy (non-hydrogen) atoms. The number of nitrogens with one attached hydrogen (secondary N) is 1. The van der Waals surface area contributed by atoms with E-state index in [-0.39, 0.29) is 0 Å². The van der Waals surface area contributed by atoms with Crippen LogP contribution in [-0.4, -0.2) is 45.9 Å². The Hall–Kier alpha value is -3.62. The second-order valence-corrected chi connectivity index (χ2v) is 6.20. The summed E-state index contributed by atoms with van der Waals surface area (Å²) >= 11 is 0. The summed E-state index contributed by atoms with van der Waals surface area (Å²) in [4.78, 5) is 4.36. The van der Waals surface area contributed by atoms with Gasteiger partial charge in [-0.05, 0) is 34.7 Å². The Kier molecular flexibility index (Phi) is 5.32. The van der Waals surface area contributed by atoms with Crippen LogP contribution >= 0.6 is 0 Å². The van der Waals surface area contributed by atoms with Gasteiger partial charge in [-0.25, -0.2) is 0 Å². The summed E-state index contributed by atoms with van der Waals surface area (Å²) < 4.78 is 13.0. The fraction of sp³-hybridized carbons (Fsp3) is 0.263. The number of ether oxygens (including phenoxy) is 2. The van der Waals surface area contributed by atoms with Crippen molar-refractivity contribution < 1.29 is 9.47 Å². The highest BCUT2D eigenvalue weighted by molar-refractivity contribution is 5.92. The van der Waals surface area contributed by atoms with E-state index in [4.69, 9.17) is 15.2 Å². The molecule has 4 rings (SSSR count). The molecule has 0 unspecified atom stereocenters. The third kappa shape index (κ3) is 4.20. The van der Waals surface area contributed by atoms with Gasteiger partial charge >= 0.3 is 0 Å². The number of hydrogen-bond donors (Lipinski definition) is 2. The summed E-state index contributed by atoms with van der Waals surface area (Å²) in [5.74, 6) is 2.48. The van der Waals surface area contributed by atoms with Crippen LogP contribution in [0.2, 0.25) is 0 Å². The number of aromatic nitrogens is 4. The van der Waals surface area contributed by atoms with Gasteiger partial charge < -0.3 is 20.5 Å². The first-order valence-corrected chi connectivity index (χ1v) is 9.09. The number of anilines is 1. The minimum atomic E-state index is 0.313. The molecule has 0 fully saturated rings. The summed E-state index contributed by atoms with van der Waals surface area (Å²) in [6.45, 7) is 1.75. The molecule has 0 radical (unpaired) electrons. The minimum absolute atomic E-state index is 0.313. The normalized spacial score (nSPS) is 13.8. The average molecular weight is 379 g/mol. The molecule has 3 N–H and O–H groups in total. The van der Waals surface area contributed by atoms with Crippen molar-refractivity contribution in [3.05, 3.63) is 54.4 Å². The Morgan fingerprint density at radius 2 is 1.93 bits per heavy atom. The maximum atomic E-state index is 6.01. The van der Waals surface area contributed by atoms with E-state index < -0.39 is 0 Å². The zero-order valence-corrected chi connectivity index (χ0v) is 15.3. The number of aliphatic imine (C=N–C) groups is 1. The van der Waals surface area contributed by atoms with Crippen molar-refractivity contribution in [1.82, 2.24) is 20.2 Å². The molecule has 9 nitrogen and oxygen atoms in total. The number of benzene rings is 2. The van der Waals surface area contributed by atoms with Gasteiger partial charge in [-0.1, -0.05) is 18.2 Å². The quantitative estimate of drug-likeness (QED) is 0.513. The van der Waals surface area contributed by atoms with Gasteiger partial charge in [0, 0.05) is 31.1 Å². The summed E-state index contributed by atoms with van der Waals surface area (Å²) in [7, 11) is 0. The van der Waals surface area contributed by atoms with Crippen LogP contribution in [0.4, 0.5) is 5.69 Å². The van der Waals surface area contributed by atoms with Crippen LogP contribution in [0.15, 0.2) is 53.5 Å². The van der Waals surface area contributed by atoms with Gasteiger partial charge in [0.2, 0.25) is 0 Å². The molecule has 0 spiro atoms. The topological polar surface area (TPSA) is 112 Å². The molecular weight excluding hydrogens is 358 g/mol. The van der Waals surface area contributed by atoms with Crippen molar-refractivity contribution in [2.24, 2.45) is 10.7 Å². The maximum Gasteiger partial charge on any atom is 0.193 e. The van der Waals surface area contributed by atoms with Crippen LogP contribution in [-0.2, 0) is 6.42 Å². The van der Waals surface area contributed by atoms with Crippen LogP contribution in [0.5, 0.6) is 11.5 Å². The molecule has 0 aliphatic carbocycles. The number of nitrogens with zero attached hydrogens (tertiary/aromatic N) is 5. The third-order valence-electron chi connectivity index (χ3n) is 4.17. The maximum absolute atomic E-state index is 6.01. The Morgan fingerprint density at radius 1 is 1.11 bits per heavy atom. The standard InChI is InChI=1S/C19H21N7O2/c20-19(22-14-7-8-16-17(13-14)28-12-4-11-27-16)21-10-9-18-23-24-25-26(18)15-5-2-1-3-6-15/h1-3,5-8,13H,4,9-12H2,(H3,20,21,22). The number of guanidine groups is 1. The lowest BCUT2D eigenvalue weighted by atomic mass is 10.3. The lowest BCUT2D eigenvalue weighted by Gasteiger charge is -2.10. The fourth-order valence-corrected chi connectivity index (χ4v) is 2.84. The number of para-hydroxylation sites is 1. The lowest BCUT2D eigenvalue weighted by molar-refractivity contribution is 0.297. The Morgan fingerprint density at radius 3 is 2.79 bits per heavy atom. The Balaban J connectivity index is 1.37. The van der Waals surface area contributed by atoms with E-state index in [0.717, 1.165) is 29.4 Å². The van der Waals surface area contributed by atoms with E-state index in [1.54, 1.807) is 4.68 Å². The molecule has 0 saturated carbocycles. The van der Waals surface area contributed by atoms with Crippen LogP contribution in [0.1, 0.15) is 12.2 Å². The third-order valence-corrected chi connectivity index (χ3v) is 4.17. The smallest absolute Gasteiger partial charge is 0.193 e. The van der Waals surface area contributed by atoms with Crippen molar-refractivity contribution >= 4 is 11.6 Å². The predicted molar refractivity (Wildman–Crippen MR) is 105 cm³/mol. The molecule has 0 saturated heterocycles. The number of hydrogen-bond acceptors (Lipinski definition) is 6. The van der Waals surface area contributed by atoms with E-state index >= 15 is 0 Å². The molecule has 144 valence electrons. The Labute approximate surface area is 162 Å². The van der Waals surface area contributed by atoms with E-state index in [9.17, 15) is 0 Å². The molecule has 0 bridgehead atoms. The fourth-order valence-electron chi connectivity index (χ4n) is 2.84. The first-order chi connectivity index (χ1) is 13.8. The first kappa shape index (κ1) is 17.8. The minimum Gasteiger partial charge on any atom is -0.490 e. The summed E-state index contributed by atoms with van der Waals surface area (Å²) in [5.41, 5.74) is 7.71. The van der Waals surface area contributed by atoms with E-state index in [1.165, 1.54) is 0 Å². The first-order valence-electron chi connectivity index (χ1n) is 9.09. The highest BCUT2D eigenvalue weighted by Gasteiger charge is 2.11. The average Bonchev–Trinajstić information content (AvgIpc) is 3.05. The van der Waals surface area contributed by atoms with E-state index in [1.807, 2.05) is 48.5 Å². The molecule has 0 amide bonds. The number of rotatable bonds is 5. The van der Waals surface area contributed by atoms with Crippen LogP contribution in [0.25, 0.3) is 5.69 Å². The van der Waals surface area contributed by atoms with Gasteiger partial charge in [0.05, 0.1) is 18.9 Å². The van der Waals surface area contributed by atoms with Gasteiger partial charge in [-0.15, -0.1) is 5.10 Å². The summed E-state index contributed by atoms with van der Waals surface area (Å²) in [6, 6.07) is 15.3. The van der Waals surface area contributed by atoms with Crippen molar-refractivity contribution in [3.8, 4) is 17.2 Å². The van der Waals surface area contributed by atoms with Crippen LogP contribution < -0.4 is 20.5 Å². The predicted octanol–water partition coefficient (Wildman–Crippen LogP) is 1.79. The van der Waals surface area contributed by atoms with Gasteiger partial charge in [-0.2, -0.15) is 4.68 Å². The molecule has 9 heteroatoms. The largest absolute Gasteiger partial charge is 0.490 e. The summed E-state index contributed by atoms with van der Waals surface area (Å²) in [5, 5.41) is 14.9. The monoisotopic (exact) mass is 379 g/mol. The van der Waals surface area contributed by atoms with Gasteiger partial charge in [0.1, 0.15) is 0 Å². The Bertz CT molecular complexity index is 956. The zero-order chi connectivity index (χ0) is 19.2. The highest BCUT2D eigenvalue weighted by Crippen LogP contribution is 2.32. The van der Waals surface area contributed by atoms with Crippen molar-refractivity contribution in [2.75, 3.05) is 25.1 Å². The zero-order valence-electron chi connectivity index (χ0n) is 15.3. The van der Waals surface area contributed by atoms with Crippen molar-refractivity contribution in [1.29, 1.82) is 0 Å². The number of fused-ring (bicyclic) bond motifs is 1.